The fourth-order valence-electron chi connectivity index (χ4n) is 4.42. The highest BCUT2D eigenvalue weighted by Crippen LogP contribution is 2.33. The molecule has 0 radical (unpaired) electrons. The van der Waals surface area contributed by atoms with Gasteiger partial charge in [0.2, 0.25) is 5.91 Å². The van der Waals surface area contributed by atoms with E-state index >= 15 is 0 Å². The maximum absolute atomic E-state index is 12.5. The summed E-state index contributed by atoms with van der Waals surface area (Å²) in [6.07, 6.45) is 11.4. The molecule has 0 aromatic carbocycles. The van der Waals surface area contributed by atoms with Crippen LogP contribution in [0.15, 0.2) is 0 Å². The maximum Gasteiger partial charge on any atom is 0.237 e. The summed E-state index contributed by atoms with van der Waals surface area (Å²) in [6, 6.07) is 0.500. The first kappa shape index (κ1) is 14.3. The number of fused-ring (bicyclic) bond motifs is 1. The number of hydrogen-bond donors (Lipinski definition) is 3. The molecule has 3 fully saturated rings. The maximum atomic E-state index is 12.5. The minimum absolute atomic E-state index is 0.0432. The second kappa shape index (κ2) is 6.02. The molecule has 2 saturated carbocycles. The van der Waals surface area contributed by atoms with Gasteiger partial charge in [-0.2, -0.15) is 0 Å². The molecule has 1 aliphatic heterocycles. The average molecular weight is 280 g/mol. The first-order valence-corrected chi connectivity index (χ1v) is 8.41. The van der Waals surface area contributed by atoms with E-state index in [4.69, 9.17) is 0 Å². The minimum atomic E-state index is -0.331. The molecule has 0 aromatic rings. The normalized spacial score (nSPS) is 36.4. The molecule has 2 aliphatic carbocycles. The first-order chi connectivity index (χ1) is 9.72. The number of piperidine rings is 1. The Bertz CT molecular complexity index is 352. The van der Waals surface area contributed by atoms with Crippen molar-refractivity contribution in [2.75, 3.05) is 6.61 Å². The third-order valence-electron chi connectivity index (χ3n) is 5.72. The predicted molar refractivity (Wildman–Crippen MR) is 78.3 cm³/mol. The van der Waals surface area contributed by atoms with E-state index in [1.165, 1.54) is 32.1 Å². The van der Waals surface area contributed by atoms with E-state index < -0.39 is 0 Å². The summed E-state index contributed by atoms with van der Waals surface area (Å²) in [5.74, 6) is 0.899. The van der Waals surface area contributed by atoms with E-state index in [2.05, 4.69) is 10.6 Å². The molecular formula is C16H28N2O2. The number of aliphatic hydroxyl groups excluding tert-OH is 1. The van der Waals surface area contributed by atoms with E-state index in [-0.39, 0.29) is 24.1 Å². The number of carbonyl (C=O) groups is 1. The molecule has 114 valence electrons. The van der Waals surface area contributed by atoms with Crippen LogP contribution < -0.4 is 10.6 Å². The van der Waals surface area contributed by atoms with Gasteiger partial charge in [0.1, 0.15) is 0 Å². The van der Waals surface area contributed by atoms with Crippen LogP contribution in [0.4, 0.5) is 0 Å². The number of carbonyl (C=O) groups excluding carboxylic acids is 1. The van der Waals surface area contributed by atoms with Gasteiger partial charge in [-0.25, -0.2) is 0 Å². The van der Waals surface area contributed by atoms with Gasteiger partial charge in [0.05, 0.1) is 18.2 Å². The Labute approximate surface area is 121 Å². The second-order valence-corrected chi connectivity index (χ2v) is 7.08. The first-order valence-electron chi connectivity index (χ1n) is 8.41. The van der Waals surface area contributed by atoms with Gasteiger partial charge in [-0.15, -0.1) is 0 Å². The van der Waals surface area contributed by atoms with Crippen molar-refractivity contribution in [2.24, 2.45) is 5.92 Å². The smallest absolute Gasteiger partial charge is 0.237 e. The lowest BCUT2D eigenvalue weighted by Gasteiger charge is -2.41. The quantitative estimate of drug-likeness (QED) is 0.737. The number of nitrogens with one attached hydrogen (secondary N) is 2. The Morgan fingerprint density at radius 1 is 1.10 bits per heavy atom. The van der Waals surface area contributed by atoms with Gasteiger partial charge in [0.15, 0.2) is 0 Å². The summed E-state index contributed by atoms with van der Waals surface area (Å²) in [6.45, 7) is 0.0809. The van der Waals surface area contributed by atoms with Crippen LogP contribution in [0.2, 0.25) is 0 Å². The minimum Gasteiger partial charge on any atom is -0.394 e. The molecule has 1 saturated heterocycles. The second-order valence-electron chi connectivity index (χ2n) is 7.08. The third-order valence-corrected chi connectivity index (χ3v) is 5.72. The molecule has 4 heteroatoms. The fraction of sp³-hybridized carbons (Fsp3) is 0.938. The van der Waals surface area contributed by atoms with Crippen molar-refractivity contribution in [3.8, 4) is 0 Å². The fourth-order valence-corrected chi connectivity index (χ4v) is 4.42. The summed E-state index contributed by atoms with van der Waals surface area (Å²) in [4.78, 5) is 12.5. The van der Waals surface area contributed by atoms with Crippen LogP contribution >= 0.6 is 0 Å². The van der Waals surface area contributed by atoms with Crippen molar-refractivity contribution >= 4 is 5.91 Å². The van der Waals surface area contributed by atoms with Gasteiger partial charge in [-0.05, 0) is 44.4 Å². The van der Waals surface area contributed by atoms with Crippen LogP contribution in [0.3, 0.4) is 0 Å². The van der Waals surface area contributed by atoms with Crippen molar-refractivity contribution in [3.05, 3.63) is 0 Å². The molecular weight excluding hydrogens is 252 g/mol. The van der Waals surface area contributed by atoms with Gasteiger partial charge < -0.3 is 15.7 Å². The molecule has 4 nitrogen and oxygen atoms in total. The molecule has 0 aromatic heterocycles. The monoisotopic (exact) mass is 280 g/mol. The molecule has 0 bridgehead atoms. The SMILES string of the molecule is O=C(NC1(CO)CCCC1)C1CCC2CCCCC2N1. The van der Waals surface area contributed by atoms with Crippen molar-refractivity contribution in [1.29, 1.82) is 0 Å². The number of hydrogen-bond acceptors (Lipinski definition) is 3. The molecule has 1 heterocycles. The molecule has 3 aliphatic rings. The van der Waals surface area contributed by atoms with Gasteiger partial charge in [0, 0.05) is 6.04 Å². The standard InChI is InChI=1S/C16H28N2O2/c19-11-16(9-3-4-10-16)18-15(20)14-8-7-12-5-1-2-6-13(12)17-14/h12-14,17,19H,1-11H2,(H,18,20). The van der Waals surface area contributed by atoms with E-state index in [9.17, 15) is 9.90 Å². The van der Waals surface area contributed by atoms with E-state index in [0.717, 1.165) is 38.0 Å². The summed E-state index contributed by atoms with van der Waals surface area (Å²) < 4.78 is 0. The van der Waals surface area contributed by atoms with Crippen LogP contribution in [0.5, 0.6) is 0 Å². The molecule has 3 unspecified atom stereocenters. The lowest BCUT2D eigenvalue weighted by molar-refractivity contribution is -0.127. The molecule has 1 amide bonds. The Balaban J connectivity index is 1.57. The topological polar surface area (TPSA) is 61.4 Å². The summed E-state index contributed by atoms with van der Waals surface area (Å²) in [5.41, 5.74) is -0.331. The van der Waals surface area contributed by atoms with Crippen LogP contribution in [-0.4, -0.2) is 35.2 Å². The highest BCUT2D eigenvalue weighted by atomic mass is 16.3. The number of rotatable bonds is 3. The van der Waals surface area contributed by atoms with Gasteiger partial charge in [0.25, 0.3) is 0 Å². The lowest BCUT2D eigenvalue weighted by atomic mass is 9.77. The van der Waals surface area contributed by atoms with Crippen LogP contribution in [0.25, 0.3) is 0 Å². The highest BCUT2D eigenvalue weighted by Gasteiger charge is 2.39. The molecule has 3 rings (SSSR count). The number of amides is 1. The Morgan fingerprint density at radius 2 is 1.85 bits per heavy atom. The molecule has 20 heavy (non-hydrogen) atoms. The van der Waals surface area contributed by atoms with E-state index in [0.29, 0.717) is 6.04 Å². The van der Waals surface area contributed by atoms with Gasteiger partial charge >= 0.3 is 0 Å². The van der Waals surface area contributed by atoms with Crippen LogP contribution in [0, 0.1) is 5.92 Å². The zero-order valence-corrected chi connectivity index (χ0v) is 12.4. The van der Waals surface area contributed by atoms with E-state index in [1.807, 2.05) is 0 Å². The number of aliphatic hydroxyl groups is 1. The molecule has 0 spiro atoms. The zero-order valence-electron chi connectivity index (χ0n) is 12.4. The van der Waals surface area contributed by atoms with Crippen molar-refractivity contribution < 1.29 is 9.90 Å². The lowest BCUT2D eigenvalue weighted by Crippen LogP contribution is -2.59. The summed E-state index contributed by atoms with van der Waals surface area (Å²) in [5, 5.41) is 16.3. The van der Waals surface area contributed by atoms with Crippen molar-refractivity contribution in [3.63, 3.8) is 0 Å². The summed E-state index contributed by atoms with van der Waals surface area (Å²) in [7, 11) is 0. The third kappa shape index (κ3) is 2.86. The summed E-state index contributed by atoms with van der Waals surface area (Å²) >= 11 is 0. The Kier molecular flexibility index (Phi) is 4.32. The van der Waals surface area contributed by atoms with Crippen LogP contribution in [0.1, 0.15) is 64.2 Å². The Morgan fingerprint density at radius 3 is 2.60 bits per heavy atom. The van der Waals surface area contributed by atoms with E-state index in [1.54, 1.807) is 0 Å². The van der Waals surface area contributed by atoms with Gasteiger partial charge in [-0.1, -0.05) is 25.7 Å². The average Bonchev–Trinajstić information content (AvgIpc) is 2.96. The highest BCUT2D eigenvalue weighted by molar-refractivity contribution is 5.82. The zero-order chi connectivity index (χ0) is 14.0. The van der Waals surface area contributed by atoms with Gasteiger partial charge in [-0.3, -0.25) is 4.79 Å². The molecule has 3 N–H and O–H groups in total. The van der Waals surface area contributed by atoms with Crippen molar-refractivity contribution in [1.82, 2.24) is 10.6 Å². The molecule has 3 atom stereocenters. The van der Waals surface area contributed by atoms with Crippen molar-refractivity contribution in [2.45, 2.75) is 81.8 Å². The Hall–Kier alpha value is -0.610. The van der Waals surface area contributed by atoms with Crippen LogP contribution in [-0.2, 0) is 4.79 Å². The predicted octanol–water partition coefficient (Wildman–Crippen LogP) is 1.72. The largest absolute Gasteiger partial charge is 0.394 e.